The van der Waals surface area contributed by atoms with Gasteiger partial charge in [-0.3, -0.25) is 4.79 Å². The first-order valence-electron chi connectivity index (χ1n) is 9.15. The van der Waals surface area contributed by atoms with E-state index in [4.69, 9.17) is 0 Å². The summed E-state index contributed by atoms with van der Waals surface area (Å²) in [5.74, 6) is -0.236. The fourth-order valence-electron chi connectivity index (χ4n) is 3.24. The lowest BCUT2D eigenvalue weighted by atomic mass is 9.92. The van der Waals surface area contributed by atoms with Gasteiger partial charge in [0.25, 0.3) is 5.91 Å². The summed E-state index contributed by atoms with van der Waals surface area (Å²) in [4.78, 5) is 12.3. The molecule has 3 rings (SSSR count). The molecule has 1 aromatic heterocycles. The van der Waals surface area contributed by atoms with Crippen LogP contribution in [0.15, 0.2) is 41.4 Å². The quantitative estimate of drug-likeness (QED) is 0.782. The summed E-state index contributed by atoms with van der Waals surface area (Å²) in [5.41, 5.74) is 0.301. The zero-order valence-electron chi connectivity index (χ0n) is 15.5. The number of sulfonamides is 1. The van der Waals surface area contributed by atoms with Crippen LogP contribution in [-0.2, 0) is 10.0 Å². The normalized spacial score (nSPS) is 20.6. The van der Waals surface area contributed by atoms with Crippen LogP contribution >= 0.6 is 0 Å². The highest BCUT2D eigenvalue weighted by Gasteiger charge is 2.27. The highest BCUT2D eigenvalue weighted by atomic mass is 32.2. The molecular formula is C18H25N5O3S. The Morgan fingerprint density at radius 2 is 1.81 bits per heavy atom. The number of hydrogen-bond donors (Lipinski definition) is 2. The van der Waals surface area contributed by atoms with E-state index in [1.807, 2.05) is 13.8 Å². The first kappa shape index (κ1) is 19.5. The fraction of sp³-hybridized carbons (Fsp3) is 0.500. The first-order valence-corrected chi connectivity index (χ1v) is 10.6. The van der Waals surface area contributed by atoms with Crippen LogP contribution in [0.4, 0.5) is 0 Å². The smallest absolute Gasteiger partial charge is 0.273 e. The zero-order valence-corrected chi connectivity index (χ0v) is 16.3. The van der Waals surface area contributed by atoms with E-state index < -0.39 is 10.0 Å². The van der Waals surface area contributed by atoms with Crippen LogP contribution in [0.2, 0.25) is 0 Å². The Bertz CT molecular complexity index is 871. The third-order valence-electron chi connectivity index (χ3n) is 4.61. The Morgan fingerprint density at radius 3 is 2.44 bits per heavy atom. The largest absolute Gasteiger partial charge is 0.348 e. The molecule has 0 radical (unpaired) electrons. The topological polar surface area (TPSA) is 106 Å². The molecule has 1 saturated carbocycles. The molecule has 1 amide bonds. The van der Waals surface area contributed by atoms with Gasteiger partial charge in [-0.15, -0.1) is 5.10 Å². The molecule has 1 heterocycles. The van der Waals surface area contributed by atoms with Crippen molar-refractivity contribution in [3.63, 3.8) is 0 Å². The third-order valence-corrected chi connectivity index (χ3v) is 6.15. The molecule has 0 bridgehead atoms. The Morgan fingerprint density at radius 1 is 1.15 bits per heavy atom. The number of aromatic nitrogens is 3. The molecule has 0 aliphatic heterocycles. The lowest BCUT2D eigenvalue weighted by Gasteiger charge is -2.28. The van der Waals surface area contributed by atoms with Gasteiger partial charge in [0, 0.05) is 12.1 Å². The van der Waals surface area contributed by atoms with Crippen LogP contribution in [0.5, 0.6) is 0 Å². The maximum absolute atomic E-state index is 12.4. The molecule has 0 unspecified atom stereocenters. The van der Waals surface area contributed by atoms with E-state index in [1.54, 1.807) is 41.2 Å². The van der Waals surface area contributed by atoms with Crippen LogP contribution in [0, 0.1) is 0 Å². The van der Waals surface area contributed by atoms with Crippen molar-refractivity contribution in [2.45, 2.75) is 62.6 Å². The Kier molecular flexibility index (Phi) is 5.91. The van der Waals surface area contributed by atoms with Crippen molar-refractivity contribution in [2.75, 3.05) is 0 Å². The summed E-state index contributed by atoms with van der Waals surface area (Å²) in [7, 11) is -3.50. The number of carbonyl (C=O) groups is 1. The van der Waals surface area contributed by atoms with E-state index in [-0.39, 0.29) is 28.9 Å². The molecule has 1 aliphatic carbocycles. The molecule has 27 heavy (non-hydrogen) atoms. The summed E-state index contributed by atoms with van der Waals surface area (Å²) in [6, 6.07) is 8.45. The molecule has 0 saturated heterocycles. The van der Waals surface area contributed by atoms with Gasteiger partial charge in [0.05, 0.1) is 17.1 Å². The fourth-order valence-corrected chi connectivity index (χ4v) is 4.57. The SMILES string of the molecule is CC(C)NC(=O)c1cn(C2CCC(NS(=O)(=O)c3ccccc3)CC2)nn1. The molecule has 1 aromatic carbocycles. The molecule has 2 aromatic rings. The Balaban J connectivity index is 1.56. The second kappa shape index (κ2) is 8.18. The van der Waals surface area contributed by atoms with Crippen molar-refractivity contribution < 1.29 is 13.2 Å². The standard InChI is InChI=1S/C18H25N5O3S/c1-13(2)19-18(24)17-12-23(22-20-17)15-10-8-14(9-11-15)21-27(25,26)16-6-4-3-5-7-16/h3-7,12-15,21H,8-11H2,1-2H3,(H,19,24). The van der Waals surface area contributed by atoms with Gasteiger partial charge >= 0.3 is 0 Å². The summed E-state index contributed by atoms with van der Waals surface area (Å²) >= 11 is 0. The molecule has 0 atom stereocenters. The molecule has 146 valence electrons. The molecule has 2 N–H and O–H groups in total. The second-order valence-corrected chi connectivity index (χ2v) is 8.87. The summed E-state index contributed by atoms with van der Waals surface area (Å²) in [5, 5.41) is 10.8. The average Bonchev–Trinajstić information content (AvgIpc) is 3.12. The van der Waals surface area contributed by atoms with Crippen LogP contribution in [-0.4, -0.2) is 41.4 Å². The van der Waals surface area contributed by atoms with Gasteiger partial charge in [-0.05, 0) is 51.7 Å². The van der Waals surface area contributed by atoms with Crippen molar-refractivity contribution in [1.29, 1.82) is 0 Å². The number of benzene rings is 1. The van der Waals surface area contributed by atoms with Crippen molar-refractivity contribution in [1.82, 2.24) is 25.0 Å². The summed E-state index contributed by atoms with van der Waals surface area (Å²) in [6.45, 7) is 3.78. The van der Waals surface area contributed by atoms with Crippen LogP contribution in [0.1, 0.15) is 56.1 Å². The number of hydrogen-bond acceptors (Lipinski definition) is 5. The van der Waals surface area contributed by atoms with E-state index in [0.717, 1.165) is 12.8 Å². The van der Waals surface area contributed by atoms with E-state index in [9.17, 15) is 13.2 Å². The number of carbonyl (C=O) groups excluding carboxylic acids is 1. The van der Waals surface area contributed by atoms with Gasteiger partial charge in [0.2, 0.25) is 10.0 Å². The predicted octanol–water partition coefficient (Wildman–Crippen LogP) is 1.88. The van der Waals surface area contributed by atoms with Gasteiger partial charge in [-0.25, -0.2) is 17.8 Å². The van der Waals surface area contributed by atoms with Crippen molar-refractivity contribution in [3.8, 4) is 0 Å². The Labute approximate surface area is 159 Å². The lowest BCUT2D eigenvalue weighted by Crippen LogP contribution is -2.38. The molecular weight excluding hydrogens is 366 g/mol. The van der Waals surface area contributed by atoms with Crippen LogP contribution in [0.3, 0.4) is 0 Å². The third kappa shape index (κ3) is 4.92. The van der Waals surface area contributed by atoms with Gasteiger partial charge < -0.3 is 5.32 Å². The molecule has 9 heteroatoms. The van der Waals surface area contributed by atoms with Crippen LogP contribution < -0.4 is 10.0 Å². The van der Waals surface area contributed by atoms with Gasteiger partial charge in [-0.1, -0.05) is 23.4 Å². The molecule has 0 spiro atoms. The molecule has 1 fully saturated rings. The summed E-state index contributed by atoms with van der Waals surface area (Å²) < 4.78 is 29.4. The minimum absolute atomic E-state index is 0.0377. The van der Waals surface area contributed by atoms with Gasteiger partial charge in [0.15, 0.2) is 5.69 Å². The molecule has 1 aliphatic rings. The number of nitrogens with zero attached hydrogens (tertiary/aromatic N) is 3. The molecule has 8 nitrogen and oxygen atoms in total. The Hall–Kier alpha value is -2.26. The second-order valence-electron chi connectivity index (χ2n) is 7.15. The number of nitrogens with one attached hydrogen (secondary N) is 2. The maximum atomic E-state index is 12.4. The number of rotatable bonds is 6. The monoisotopic (exact) mass is 391 g/mol. The minimum Gasteiger partial charge on any atom is -0.348 e. The van der Waals surface area contributed by atoms with E-state index in [0.29, 0.717) is 18.5 Å². The zero-order chi connectivity index (χ0) is 19.4. The van der Waals surface area contributed by atoms with E-state index >= 15 is 0 Å². The average molecular weight is 391 g/mol. The van der Waals surface area contributed by atoms with E-state index in [2.05, 4.69) is 20.4 Å². The highest BCUT2D eigenvalue weighted by molar-refractivity contribution is 7.89. The predicted molar refractivity (Wildman–Crippen MR) is 101 cm³/mol. The van der Waals surface area contributed by atoms with E-state index in [1.165, 1.54) is 0 Å². The van der Waals surface area contributed by atoms with Crippen molar-refractivity contribution >= 4 is 15.9 Å². The van der Waals surface area contributed by atoms with Crippen molar-refractivity contribution in [3.05, 3.63) is 42.2 Å². The lowest BCUT2D eigenvalue weighted by molar-refractivity contribution is 0.0938. The van der Waals surface area contributed by atoms with Gasteiger partial charge in [-0.2, -0.15) is 0 Å². The maximum Gasteiger partial charge on any atom is 0.273 e. The number of amides is 1. The van der Waals surface area contributed by atoms with Gasteiger partial charge in [0.1, 0.15) is 0 Å². The first-order chi connectivity index (χ1) is 12.8. The van der Waals surface area contributed by atoms with Crippen LogP contribution in [0.25, 0.3) is 0 Å². The highest BCUT2D eigenvalue weighted by Crippen LogP contribution is 2.28. The minimum atomic E-state index is -3.50. The summed E-state index contributed by atoms with van der Waals surface area (Å²) in [6.07, 6.45) is 4.64. The van der Waals surface area contributed by atoms with Crippen molar-refractivity contribution in [2.24, 2.45) is 0 Å².